The third-order valence-corrected chi connectivity index (χ3v) is 2.96. The number of anilines is 1. The van der Waals surface area contributed by atoms with Gasteiger partial charge in [-0.25, -0.2) is 4.39 Å². The van der Waals surface area contributed by atoms with Crippen molar-refractivity contribution in [1.82, 2.24) is 0 Å². The summed E-state index contributed by atoms with van der Waals surface area (Å²) in [5.41, 5.74) is 7.02. The fourth-order valence-corrected chi connectivity index (χ4v) is 1.98. The van der Waals surface area contributed by atoms with E-state index in [1.807, 2.05) is 0 Å². The molecule has 19 heavy (non-hydrogen) atoms. The van der Waals surface area contributed by atoms with Crippen LogP contribution in [0.2, 0.25) is 0 Å². The summed E-state index contributed by atoms with van der Waals surface area (Å²) in [7, 11) is 0. The van der Waals surface area contributed by atoms with E-state index < -0.39 is 11.9 Å². The lowest BCUT2D eigenvalue weighted by molar-refractivity contribution is -0.116. The van der Waals surface area contributed by atoms with Crippen LogP contribution >= 0.6 is 0 Å². The first-order valence-electron chi connectivity index (χ1n) is 5.78. The van der Waals surface area contributed by atoms with Crippen LogP contribution in [0.15, 0.2) is 42.5 Å². The fraction of sp³-hybridized carbons (Fsp3) is 0.0714. The number of carbonyl (C=O) groups is 1. The summed E-state index contributed by atoms with van der Waals surface area (Å²) in [5, 5.41) is 2.65. The van der Waals surface area contributed by atoms with Crippen LogP contribution in [0, 0.1) is 5.82 Å². The smallest absolute Gasteiger partial charge is 0.245 e. The summed E-state index contributed by atoms with van der Waals surface area (Å²) >= 11 is 0. The molecule has 96 valence electrons. The predicted molar refractivity (Wildman–Crippen MR) is 68.5 cm³/mol. The number of nitrogens with two attached hydrogens (primary N) is 1. The van der Waals surface area contributed by atoms with Crippen molar-refractivity contribution in [2.24, 2.45) is 5.73 Å². The lowest BCUT2D eigenvalue weighted by Crippen LogP contribution is -2.19. The number of para-hydroxylation sites is 1. The Morgan fingerprint density at radius 2 is 2.00 bits per heavy atom. The molecule has 2 aromatic rings. The molecular formula is C14H11FN2O2. The number of rotatable bonds is 2. The molecule has 1 heterocycles. The SMILES string of the molecule is NC1C(=O)Nc2cc(Oc3ccccc3F)ccc21. The summed E-state index contributed by atoms with van der Waals surface area (Å²) in [6.45, 7) is 0. The number of ether oxygens (including phenoxy) is 1. The zero-order valence-electron chi connectivity index (χ0n) is 9.89. The molecule has 1 atom stereocenters. The first-order chi connectivity index (χ1) is 9.15. The summed E-state index contributed by atoms with van der Waals surface area (Å²) in [6, 6.07) is 10.5. The van der Waals surface area contributed by atoms with E-state index in [-0.39, 0.29) is 11.7 Å². The summed E-state index contributed by atoms with van der Waals surface area (Å²) in [6.07, 6.45) is 0. The molecule has 0 aliphatic carbocycles. The van der Waals surface area contributed by atoms with Gasteiger partial charge in [-0.1, -0.05) is 18.2 Å². The maximum atomic E-state index is 13.5. The number of nitrogens with one attached hydrogen (secondary N) is 1. The van der Waals surface area contributed by atoms with Crippen LogP contribution < -0.4 is 15.8 Å². The molecule has 1 amide bonds. The highest BCUT2D eigenvalue weighted by atomic mass is 19.1. The zero-order valence-corrected chi connectivity index (χ0v) is 9.89. The van der Waals surface area contributed by atoms with Gasteiger partial charge in [0.05, 0.1) is 0 Å². The number of fused-ring (bicyclic) bond motifs is 1. The Balaban J connectivity index is 1.91. The molecule has 3 rings (SSSR count). The summed E-state index contributed by atoms with van der Waals surface area (Å²) in [4.78, 5) is 11.4. The molecule has 0 bridgehead atoms. The van der Waals surface area contributed by atoms with Gasteiger partial charge in [-0.2, -0.15) is 0 Å². The van der Waals surface area contributed by atoms with Crippen molar-refractivity contribution in [2.45, 2.75) is 6.04 Å². The van der Waals surface area contributed by atoms with Crippen LogP contribution in [0.3, 0.4) is 0 Å². The largest absolute Gasteiger partial charge is 0.454 e. The third-order valence-electron chi connectivity index (χ3n) is 2.96. The van der Waals surface area contributed by atoms with Gasteiger partial charge >= 0.3 is 0 Å². The Morgan fingerprint density at radius 3 is 2.79 bits per heavy atom. The number of halogens is 1. The van der Waals surface area contributed by atoms with Gasteiger partial charge in [0.1, 0.15) is 11.8 Å². The Kier molecular flexibility index (Phi) is 2.68. The van der Waals surface area contributed by atoms with E-state index >= 15 is 0 Å². The van der Waals surface area contributed by atoms with E-state index in [1.165, 1.54) is 12.1 Å². The molecule has 5 heteroatoms. The van der Waals surface area contributed by atoms with Crippen molar-refractivity contribution < 1.29 is 13.9 Å². The number of carbonyl (C=O) groups excluding carboxylic acids is 1. The minimum Gasteiger partial charge on any atom is -0.454 e. The lowest BCUT2D eigenvalue weighted by Gasteiger charge is -2.08. The standard InChI is InChI=1S/C14H11FN2O2/c15-10-3-1-2-4-12(10)19-8-5-6-9-11(7-8)17-14(18)13(9)16/h1-7,13H,16H2,(H,17,18). The van der Waals surface area contributed by atoms with E-state index in [0.29, 0.717) is 17.0 Å². The number of hydrogen-bond acceptors (Lipinski definition) is 3. The lowest BCUT2D eigenvalue weighted by atomic mass is 10.1. The molecule has 0 fully saturated rings. The molecule has 1 aliphatic heterocycles. The second kappa shape index (κ2) is 4.37. The van der Waals surface area contributed by atoms with Crippen LogP contribution in [0.25, 0.3) is 0 Å². The van der Waals surface area contributed by atoms with Gasteiger partial charge < -0.3 is 15.8 Å². The quantitative estimate of drug-likeness (QED) is 0.870. The molecule has 0 radical (unpaired) electrons. The van der Waals surface area contributed by atoms with E-state index in [2.05, 4.69) is 5.32 Å². The first-order valence-corrected chi connectivity index (χ1v) is 5.78. The van der Waals surface area contributed by atoms with Gasteiger partial charge in [0.15, 0.2) is 11.6 Å². The van der Waals surface area contributed by atoms with Crippen molar-refractivity contribution >= 4 is 11.6 Å². The second-order valence-corrected chi connectivity index (χ2v) is 4.25. The topological polar surface area (TPSA) is 64.4 Å². The maximum Gasteiger partial charge on any atom is 0.245 e. The van der Waals surface area contributed by atoms with Gasteiger partial charge in [0.2, 0.25) is 5.91 Å². The molecule has 4 nitrogen and oxygen atoms in total. The van der Waals surface area contributed by atoms with Gasteiger partial charge in [0, 0.05) is 17.3 Å². The predicted octanol–water partition coefficient (Wildman–Crippen LogP) is 2.57. The Morgan fingerprint density at radius 1 is 1.21 bits per heavy atom. The van der Waals surface area contributed by atoms with Crippen molar-refractivity contribution in [3.8, 4) is 11.5 Å². The average molecular weight is 258 g/mol. The van der Waals surface area contributed by atoms with Crippen LogP contribution in [-0.2, 0) is 4.79 Å². The molecule has 0 saturated carbocycles. The molecule has 1 aliphatic rings. The molecule has 2 aromatic carbocycles. The Hall–Kier alpha value is -2.40. The van der Waals surface area contributed by atoms with Crippen molar-refractivity contribution in [1.29, 1.82) is 0 Å². The minimum atomic E-state index is -0.655. The van der Waals surface area contributed by atoms with Crippen LogP contribution in [0.4, 0.5) is 10.1 Å². The molecular weight excluding hydrogens is 247 g/mol. The van der Waals surface area contributed by atoms with Gasteiger partial charge in [0.25, 0.3) is 0 Å². The zero-order chi connectivity index (χ0) is 13.4. The van der Waals surface area contributed by atoms with E-state index in [9.17, 15) is 9.18 Å². The van der Waals surface area contributed by atoms with Crippen LogP contribution in [-0.4, -0.2) is 5.91 Å². The highest BCUT2D eigenvalue weighted by Gasteiger charge is 2.27. The fourth-order valence-electron chi connectivity index (χ4n) is 1.98. The van der Waals surface area contributed by atoms with Crippen molar-refractivity contribution in [2.75, 3.05) is 5.32 Å². The molecule has 0 saturated heterocycles. The Bertz CT molecular complexity index is 658. The molecule has 0 spiro atoms. The Labute approximate surface area is 109 Å². The van der Waals surface area contributed by atoms with Crippen LogP contribution in [0.5, 0.6) is 11.5 Å². The monoisotopic (exact) mass is 258 g/mol. The normalized spacial score (nSPS) is 16.9. The molecule has 3 N–H and O–H groups in total. The summed E-state index contributed by atoms with van der Waals surface area (Å²) in [5.74, 6) is -0.115. The number of hydrogen-bond donors (Lipinski definition) is 2. The molecule has 1 unspecified atom stereocenters. The van der Waals surface area contributed by atoms with Crippen molar-refractivity contribution in [3.05, 3.63) is 53.8 Å². The first kappa shape index (κ1) is 11.7. The molecule has 0 aromatic heterocycles. The highest BCUT2D eigenvalue weighted by Crippen LogP contribution is 2.34. The maximum absolute atomic E-state index is 13.5. The minimum absolute atomic E-state index is 0.135. The van der Waals surface area contributed by atoms with Crippen LogP contribution in [0.1, 0.15) is 11.6 Å². The van der Waals surface area contributed by atoms with E-state index in [4.69, 9.17) is 10.5 Å². The summed E-state index contributed by atoms with van der Waals surface area (Å²) < 4.78 is 18.9. The van der Waals surface area contributed by atoms with Gasteiger partial charge in [-0.15, -0.1) is 0 Å². The van der Waals surface area contributed by atoms with Crippen molar-refractivity contribution in [3.63, 3.8) is 0 Å². The van der Waals surface area contributed by atoms with Gasteiger partial charge in [-0.3, -0.25) is 4.79 Å². The second-order valence-electron chi connectivity index (χ2n) is 4.25. The average Bonchev–Trinajstić information content (AvgIpc) is 2.68. The van der Waals surface area contributed by atoms with E-state index in [1.54, 1.807) is 30.3 Å². The van der Waals surface area contributed by atoms with E-state index in [0.717, 1.165) is 0 Å². The van der Waals surface area contributed by atoms with Gasteiger partial charge in [-0.05, 0) is 18.2 Å². The number of amides is 1. The number of benzene rings is 2. The highest BCUT2D eigenvalue weighted by molar-refractivity contribution is 6.02. The third kappa shape index (κ3) is 2.04.